The summed E-state index contributed by atoms with van der Waals surface area (Å²) in [4.78, 5) is 15.3. The van der Waals surface area contributed by atoms with E-state index >= 15 is 0 Å². The fourth-order valence-corrected chi connectivity index (χ4v) is 9.29. The number of ether oxygens (including phenoxy) is 1. The molecule has 2 unspecified atom stereocenters. The summed E-state index contributed by atoms with van der Waals surface area (Å²) in [5.74, 6) is -1.95. The van der Waals surface area contributed by atoms with Gasteiger partial charge in [0.2, 0.25) is 9.04 Å². The number of para-hydroxylation sites is 2. The van der Waals surface area contributed by atoms with Gasteiger partial charge in [0.15, 0.2) is 5.79 Å². The van der Waals surface area contributed by atoms with Crippen LogP contribution in [0.5, 0.6) is 0 Å². The lowest BCUT2D eigenvalue weighted by molar-refractivity contribution is -0.278. The Morgan fingerprint density at radius 1 is 0.729 bits per heavy atom. The van der Waals surface area contributed by atoms with Gasteiger partial charge in [-0.2, -0.15) is 0 Å². The maximum Gasteiger partial charge on any atom is 0.418 e. The van der Waals surface area contributed by atoms with E-state index in [4.69, 9.17) is 9.16 Å². The Balaban J connectivity index is 1.36. The van der Waals surface area contributed by atoms with Gasteiger partial charge in [-0.3, -0.25) is 0 Å². The van der Waals surface area contributed by atoms with Gasteiger partial charge in [-0.1, -0.05) is 136 Å². The molecule has 1 aliphatic rings. The number of aliphatic hydroxyl groups is 2. The summed E-state index contributed by atoms with van der Waals surface area (Å²) in [6.45, 7) is 6.29. The number of anilines is 2. The number of amides is 1. The van der Waals surface area contributed by atoms with Crippen LogP contribution < -0.4 is 15.3 Å². The summed E-state index contributed by atoms with van der Waals surface area (Å²) in [6, 6.07) is 44.4. The first-order valence-corrected chi connectivity index (χ1v) is 18.2. The number of carbonyl (C=O) groups is 1. The molecular weight excluding hydrogens is 615 g/mol. The average Bonchev–Trinajstić information content (AvgIpc) is 3.10. The summed E-state index contributed by atoms with van der Waals surface area (Å²) in [5, 5.41) is 27.5. The number of rotatable bonds is 9. The van der Waals surface area contributed by atoms with E-state index in [1.807, 2.05) is 133 Å². The summed E-state index contributed by atoms with van der Waals surface area (Å²) in [7, 11) is -2.51. The van der Waals surface area contributed by atoms with Crippen molar-refractivity contribution in [3.05, 3.63) is 156 Å². The lowest BCUT2D eigenvalue weighted by atomic mass is 9.69. The quantitative estimate of drug-likeness (QED) is 0.136. The molecule has 0 aromatic heterocycles. The number of fused-ring (bicyclic) bond motifs is 1. The molecule has 0 heterocycles. The van der Waals surface area contributed by atoms with Gasteiger partial charge in [0.05, 0.1) is 18.0 Å². The Labute approximate surface area is 285 Å². The fourth-order valence-electron chi connectivity index (χ4n) is 6.79. The highest BCUT2D eigenvalue weighted by molar-refractivity contribution is 6.80. The molecule has 0 saturated carbocycles. The Bertz CT molecular complexity index is 1740. The van der Waals surface area contributed by atoms with Crippen LogP contribution in [0, 0.1) is 0 Å². The molecule has 5 aromatic carbocycles. The lowest BCUT2D eigenvalue weighted by Crippen LogP contribution is -2.63. The van der Waals surface area contributed by atoms with Crippen molar-refractivity contribution in [1.82, 2.24) is 0 Å². The molecule has 0 radical (unpaired) electrons. The first-order chi connectivity index (χ1) is 23.1. The molecule has 0 fully saturated rings. The maximum absolute atomic E-state index is 13.8. The van der Waals surface area contributed by atoms with Gasteiger partial charge in [0.1, 0.15) is 5.60 Å². The SMILES string of the molecule is CC(C)(C)c1cccc2c1CCC(O)(O[SiH](c1ccccc1)c1ccccc1)C2(O)CCOC(=O)N(c1ccccc1)c1ccccc1. The van der Waals surface area contributed by atoms with Crippen LogP contribution >= 0.6 is 0 Å². The highest BCUT2D eigenvalue weighted by Gasteiger charge is 2.56. The van der Waals surface area contributed by atoms with E-state index in [1.54, 1.807) is 0 Å². The molecule has 2 N–H and O–H groups in total. The summed E-state index contributed by atoms with van der Waals surface area (Å²) < 4.78 is 12.8. The highest BCUT2D eigenvalue weighted by Crippen LogP contribution is 2.48. The molecule has 1 amide bonds. The standard InChI is InChI=1S/C41H43NO5Si/c1-39(2,3)36-25-16-26-37-35(36)27-28-41(45,47-48(33-21-12-6-13-22-33)34-23-14-7-15-24-34)40(37,44)29-30-46-38(43)42(31-17-8-4-9-18-31)32-19-10-5-11-20-32/h4-26,44-45,48H,27-30H2,1-3H3. The molecule has 5 aromatic rings. The van der Waals surface area contributed by atoms with Gasteiger partial charge >= 0.3 is 6.09 Å². The fraction of sp³-hybridized carbons (Fsp3) is 0.244. The van der Waals surface area contributed by atoms with Crippen molar-refractivity contribution in [3.63, 3.8) is 0 Å². The molecule has 1 aliphatic carbocycles. The zero-order valence-corrected chi connectivity index (χ0v) is 28.9. The van der Waals surface area contributed by atoms with Gasteiger partial charge in [-0.25, -0.2) is 9.69 Å². The second-order valence-electron chi connectivity index (χ2n) is 13.4. The minimum Gasteiger partial charge on any atom is -0.449 e. The zero-order chi connectivity index (χ0) is 33.8. The summed E-state index contributed by atoms with van der Waals surface area (Å²) >= 11 is 0. The van der Waals surface area contributed by atoms with Crippen molar-refractivity contribution in [2.45, 2.75) is 56.8 Å². The van der Waals surface area contributed by atoms with Crippen molar-refractivity contribution in [3.8, 4) is 0 Å². The van der Waals surface area contributed by atoms with Gasteiger partial charge in [-0.15, -0.1) is 0 Å². The van der Waals surface area contributed by atoms with Crippen LogP contribution in [0.25, 0.3) is 0 Å². The lowest BCUT2D eigenvalue weighted by Gasteiger charge is -2.50. The molecule has 48 heavy (non-hydrogen) atoms. The van der Waals surface area contributed by atoms with Gasteiger partial charge < -0.3 is 19.4 Å². The largest absolute Gasteiger partial charge is 0.449 e. The first-order valence-electron chi connectivity index (χ1n) is 16.5. The molecule has 0 spiro atoms. The van der Waals surface area contributed by atoms with Crippen molar-refractivity contribution < 1.29 is 24.2 Å². The average molecular weight is 658 g/mol. The molecule has 2 atom stereocenters. The minimum atomic E-state index is -2.51. The van der Waals surface area contributed by atoms with Crippen LogP contribution in [0.2, 0.25) is 0 Å². The molecule has 0 saturated heterocycles. The van der Waals surface area contributed by atoms with E-state index in [0.717, 1.165) is 21.5 Å². The Kier molecular flexibility index (Phi) is 9.67. The van der Waals surface area contributed by atoms with E-state index in [0.29, 0.717) is 23.4 Å². The number of hydrogen-bond donors (Lipinski definition) is 2. The molecule has 246 valence electrons. The normalized spacial score (nSPS) is 19.0. The van der Waals surface area contributed by atoms with E-state index in [1.165, 1.54) is 4.90 Å². The number of nitrogens with zero attached hydrogens (tertiary/aromatic N) is 1. The third-order valence-corrected chi connectivity index (χ3v) is 11.8. The molecule has 6 nitrogen and oxygen atoms in total. The number of hydrogen-bond acceptors (Lipinski definition) is 5. The van der Waals surface area contributed by atoms with E-state index < -0.39 is 26.5 Å². The second kappa shape index (κ2) is 13.9. The van der Waals surface area contributed by atoms with Gasteiger partial charge in [0.25, 0.3) is 0 Å². The number of carbonyl (C=O) groups excluding carboxylic acids is 1. The van der Waals surface area contributed by atoms with Crippen LogP contribution in [-0.4, -0.2) is 37.7 Å². The third-order valence-electron chi connectivity index (χ3n) is 9.21. The zero-order valence-electron chi connectivity index (χ0n) is 27.8. The van der Waals surface area contributed by atoms with Crippen LogP contribution in [-0.2, 0) is 26.6 Å². The monoisotopic (exact) mass is 657 g/mol. The molecule has 0 bridgehead atoms. The van der Waals surface area contributed by atoms with E-state index in [-0.39, 0.29) is 24.9 Å². The van der Waals surface area contributed by atoms with Gasteiger partial charge in [0, 0.05) is 12.8 Å². The molecule has 6 rings (SSSR count). The van der Waals surface area contributed by atoms with Crippen LogP contribution in [0.4, 0.5) is 16.2 Å². The smallest absolute Gasteiger partial charge is 0.418 e. The highest BCUT2D eigenvalue weighted by atomic mass is 28.3. The topological polar surface area (TPSA) is 79.2 Å². The minimum absolute atomic E-state index is 0.0715. The van der Waals surface area contributed by atoms with Gasteiger partial charge in [-0.05, 0) is 63.2 Å². The van der Waals surface area contributed by atoms with E-state index in [2.05, 4.69) is 26.8 Å². The van der Waals surface area contributed by atoms with Crippen LogP contribution in [0.3, 0.4) is 0 Å². The predicted molar refractivity (Wildman–Crippen MR) is 194 cm³/mol. The molecule has 7 heteroatoms. The predicted octanol–water partition coefficient (Wildman–Crippen LogP) is 6.73. The van der Waals surface area contributed by atoms with Crippen LogP contribution in [0.1, 0.15) is 50.3 Å². The van der Waals surface area contributed by atoms with Crippen molar-refractivity contribution in [2.24, 2.45) is 0 Å². The summed E-state index contributed by atoms with van der Waals surface area (Å²) in [6.07, 6.45) is 0.0569. The van der Waals surface area contributed by atoms with Crippen molar-refractivity contribution in [1.29, 1.82) is 0 Å². The second-order valence-corrected chi connectivity index (χ2v) is 15.7. The third kappa shape index (κ3) is 6.73. The maximum atomic E-state index is 13.8. The number of benzene rings is 5. The Morgan fingerprint density at radius 2 is 1.23 bits per heavy atom. The van der Waals surface area contributed by atoms with Crippen LogP contribution in [0.15, 0.2) is 140 Å². The Hall–Kier alpha value is -4.53. The first kappa shape index (κ1) is 33.4. The summed E-state index contributed by atoms with van der Waals surface area (Å²) in [5.41, 5.74) is 1.97. The van der Waals surface area contributed by atoms with Crippen molar-refractivity contribution >= 4 is 36.9 Å². The Morgan fingerprint density at radius 3 is 1.73 bits per heavy atom. The van der Waals surface area contributed by atoms with Crippen molar-refractivity contribution in [2.75, 3.05) is 11.5 Å². The molecule has 0 aliphatic heterocycles. The van der Waals surface area contributed by atoms with E-state index in [9.17, 15) is 15.0 Å². The molecular formula is C41H43NO5Si.